The zero-order valence-corrected chi connectivity index (χ0v) is 11.1. The molecule has 0 aliphatic rings. The van der Waals surface area contributed by atoms with Gasteiger partial charge in [0.2, 0.25) is 0 Å². The molecule has 4 nitrogen and oxygen atoms in total. The fraction of sp³-hybridized carbons (Fsp3) is 0.143. The molecule has 1 N–H and O–H groups in total. The highest BCUT2D eigenvalue weighted by Gasteiger charge is 2.02. The summed E-state index contributed by atoms with van der Waals surface area (Å²) >= 11 is 5.94. The summed E-state index contributed by atoms with van der Waals surface area (Å²) in [5, 5.41) is 13.5. The number of carbonyl (C=O) groups is 1. The van der Waals surface area contributed by atoms with Gasteiger partial charge in [-0.3, -0.25) is 4.68 Å². The number of halogens is 1. The Balaban J connectivity index is 2.08. The largest absolute Gasteiger partial charge is 0.478 e. The first-order valence-corrected chi connectivity index (χ1v) is 6.12. The molecule has 0 fully saturated rings. The fourth-order valence-electron chi connectivity index (χ4n) is 1.66. The summed E-state index contributed by atoms with van der Waals surface area (Å²) in [7, 11) is 0. The van der Waals surface area contributed by atoms with E-state index in [1.165, 1.54) is 0 Å². The van der Waals surface area contributed by atoms with E-state index in [1.807, 2.05) is 31.2 Å². The molecule has 0 spiro atoms. The topological polar surface area (TPSA) is 55.1 Å². The van der Waals surface area contributed by atoms with Gasteiger partial charge in [0.1, 0.15) is 0 Å². The lowest BCUT2D eigenvalue weighted by Crippen LogP contribution is -2.00. The summed E-state index contributed by atoms with van der Waals surface area (Å²) in [6.45, 7) is 2.50. The molecule has 0 saturated carbocycles. The molecule has 0 bridgehead atoms. The molecule has 19 heavy (non-hydrogen) atoms. The normalized spacial score (nSPS) is 11.1. The van der Waals surface area contributed by atoms with Gasteiger partial charge in [-0.15, -0.1) is 0 Å². The maximum atomic E-state index is 10.4. The highest BCUT2D eigenvalue weighted by molar-refractivity contribution is 6.31. The number of carboxylic acid groups (broad SMARTS) is 1. The monoisotopic (exact) mass is 276 g/mol. The van der Waals surface area contributed by atoms with Gasteiger partial charge >= 0.3 is 5.97 Å². The van der Waals surface area contributed by atoms with E-state index in [0.29, 0.717) is 11.6 Å². The van der Waals surface area contributed by atoms with Crippen LogP contribution in [0.25, 0.3) is 6.08 Å². The molecule has 0 saturated heterocycles. The Kier molecular flexibility index (Phi) is 4.02. The van der Waals surface area contributed by atoms with Crippen molar-refractivity contribution in [3.05, 3.63) is 58.4 Å². The predicted molar refractivity (Wildman–Crippen MR) is 74.2 cm³/mol. The smallest absolute Gasteiger partial charge is 0.328 e. The predicted octanol–water partition coefficient (Wildman–Crippen LogP) is 2.99. The minimum Gasteiger partial charge on any atom is -0.478 e. The van der Waals surface area contributed by atoms with Crippen LogP contribution in [0.2, 0.25) is 5.02 Å². The molecule has 1 aromatic carbocycles. The van der Waals surface area contributed by atoms with Gasteiger partial charge in [0.05, 0.1) is 17.3 Å². The van der Waals surface area contributed by atoms with Gasteiger partial charge in [0.15, 0.2) is 0 Å². The Morgan fingerprint density at radius 2 is 2.11 bits per heavy atom. The van der Waals surface area contributed by atoms with Crippen molar-refractivity contribution >= 4 is 23.6 Å². The van der Waals surface area contributed by atoms with E-state index in [9.17, 15) is 4.79 Å². The number of rotatable bonds is 4. The number of nitrogens with zero attached hydrogens (tertiary/aromatic N) is 2. The zero-order valence-electron chi connectivity index (χ0n) is 10.4. The molecule has 0 radical (unpaired) electrons. The first kappa shape index (κ1) is 13.4. The number of hydrogen-bond donors (Lipinski definition) is 1. The zero-order chi connectivity index (χ0) is 13.8. The number of carboxylic acids is 1. The van der Waals surface area contributed by atoms with Crippen molar-refractivity contribution in [2.75, 3.05) is 0 Å². The first-order chi connectivity index (χ1) is 9.04. The van der Waals surface area contributed by atoms with Crippen LogP contribution in [-0.2, 0) is 11.3 Å². The van der Waals surface area contributed by atoms with Crippen molar-refractivity contribution in [1.82, 2.24) is 9.78 Å². The molecule has 0 aliphatic heterocycles. The van der Waals surface area contributed by atoms with Gasteiger partial charge in [0.25, 0.3) is 0 Å². The Labute approximate surface area is 115 Å². The Morgan fingerprint density at radius 1 is 1.42 bits per heavy atom. The molecule has 2 rings (SSSR count). The van der Waals surface area contributed by atoms with E-state index in [4.69, 9.17) is 16.7 Å². The average molecular weight is 277 g/mol. The summed E-state index contributed by atoms with van der Waals surface area (Å²) < 4.78 is 1.78. The first-order valence-electron chi connectivity index (χ1n) is 5.74. The van der Waals surface area contributed by atoms with Gasteiger partial charge in [-0.2, -0.15) is 5.10 Å². The second-order valence-corrected chi connectivity index (χ2v) is 4.58. The SMILES string of the molecule is Cc1nn(Cc2ccc(C=CC(=O)O)cc2)cc1Cl. The van der Waals surface area contributed by atoms with Crippen LogP contribution < -0.4 is 0 Å². The molecule has 0 unspecified atom stereocenters. The minimum absolute atomic E-state index is 0.635. The molecule has 2 aromatic rings. The summed E-state index contributed by atoms with van der Waals surface area (Å²) in [5.74, 6) is -0.953. The maximum Gasteiger partial charge on any atom is 0.328 e. The van der Waals surface area contributed by atoms with Crippen LogP contribution >= 0.6 is 11.6 Å². The fourth-order valence-corrected chi connectivity index (χ4v) is 1.81. The van der Waals surface area contributed by atoms with Crippen molar-refractivity contribution in [1.29, 1.82) is 0 Å². The number of benzene rings is 1. The molecule has 1 heterocycles. The van der Waals surface area contributed by atoms with Crippen LogP contribution in [0.4, 0.5) is 0 Å². The van der Waals surface area contributed by atoms with Gasteiger partial charge in [-0.05, 0) is 24.1 Å². The molecule has 1 aromatic heterocycles. The number of aliphatic carboxylic acids is 1. The Bertz CT molecular complexity index is 595. The van der Waals surface area contributed by atoms with Crippen LogP contribution in [-0.4, -0.2) is 20.9 Å². The standard InChI is InChI=1S/C14H13ClN2O2/c1-10-13(15)9-17(16-10)8-12-4-2-11(3-5-12)6-7-14(18)19/h2-7,9H,8H2,1H3,(H,18,19). The Morgan fingerprint density at radius 3 is 2.63 bits per heavy atom. The van der Waals surface area contributed by atoms with E-state index in [2.05, 4.69) is 5.10 Å². The summed E-state index contributed by atoms with van der Waals surface area (Å²) in [4.78, 5) is 10.4. The van der Waals surface area contributed by atoms with Crippen molar-refractivity contribution in [3.8, 4) is 0 Å². The second-order valence-electron chi connectivity index (χ2n) is 4.17. The van der Waals surface area contributed by atoms with Gasteiger partial charge < -0.3 is 5.11 Å². The second kappa shape index (κ2) is 5.71. The highest BCUT2D eigenvalue weighted by Crippen LogP contribution is 2.14. The molecular formula is C14H13ClN2O2. The van der Waals surface area contributed by atoms with E-state index in [-0.39, 0.29) is 0 Å². The molecule has 0 amide bonds. The van der Waals surface area contributed by atoms with E-state index in [1.54, 1.807) is 17.0 Å². The van der Waals surface area contributed by atoms with E-state index < -0.39 is 5.97 Å². The minimum atomic E-state index is -0.953. The van der Waals surface area contributed by atoms with Crippen molar-refractivity contribution in [2.24, 2.45) is 0 Å². The number of aryl methyl sites for hydroxylation is 1. The quantitative estimate of drug-likeness (QED) is 0.874. The van der Waals surface area contributed by atoms with Crippen molar-refractivity contribution in [2.45, 2.75) is 13.5 Å². The third-order valence-corrected chi connectivity index (χ3v) is 3.00. The van der Waals surface area contributed by atoms with E-state index in [0.717, 1.165) is 22.9 Å². The third kappa shape index (κ3) is 3.69. The number of hydrogen-bond acceptors (Lipinski definition) is 2. The van der Waals surface area contributed by atoms with Gasteiger partial charge in [-0.25, -0.2) is 4.79 Å². The third-order valence-electron chi connectivity index (χ3n) is 2.63. The maximum absolute atomic E-state index is 10.4. The van der Waals surface area contributed by atoms with Crippen LogP contribution in [0.5, 0.6) is 0 Å². The summed E-state index contributed by atoms with van der Waals surface area (Å²) in [5.41, 5.74) is 2.73. The number of aromatic nitrogens is 2. The van der Waals surface area contributed by atoms with Crippen molar-refractivity contribution < 1.29 is 9.90 Å². The van der Waals surface area contributed by atoms with E-state index >= 15 is 0 Å². The van der Waals surface area contributed by atoms with Crippen LogP contribution in [0.1, 0.15) is 16.8 Å². The summed E-state index contributed by atoms with van der Waals surface area (Å²) in [6, 6.07) is 7.61. The van der Waals surface area contributed by atoms with Crippen LogP contribution in [0, 0.1) is 6.92 Å². The summed E-state index contributed by atoms with van der Waals surface area (Å²) in [6.07, 6.45) is 4.46. The van der Waals surface area contributed by atoms with Crippen LogP contribution in [0.15, 0.2) is 36.5 Å². The van der Waals surface area contributed by atoms with Crippen molar-refractivity contribution in [3.63, 3.8) is 0 Å². The molecule has 0 aliphatic carbocycles. The van der Waals surface area contributed by atoms with Crippen LogP contribution in [0.3, 0.4) is 0 Å². The molecule has 0 atom stereocenters. The molecule has 98 valence electrons. The highest BCUT2D eigenvalue weighted by atomic mass is 35.5. The van der Waals surface area contributed by atoms with Gasteiger partial charge in [0, 0.05) is 12.3 Å². The average Bonchev–Trinajstić information content (AvgIpc) is 2.67. The molecule has 5 heteroatoms. The Hall–Kier alpha value is -2.07. The molecular weight excluding hydrogens is 264 g/mol. The lowest BCUT2D eigenvalue weighted by atomic mass is 10.1. The lowest BCUT2D eigenvalue weighted by Gasteiger charge is -2.02. The van der Waals surface area contributed by atoms with Gasteiger partial charge in [-0.1, -0.05) is 35.9 Å². The lowest BCUT2D eigenvalue weighted by molar-refractivity contribution is -0.131.